The molecule has 0 spiro atoms. The molecule has 46 heavy (non-hydrogen) atoms. The van der Waals surface area contributed by atoms with Crippen LogP contribution in [0.4, 0.5) is 0 Å². The Kier molecular flexibility index (Phi) is 11.9. The fourth-order valence-electron chi connectivity index (χ4n) is 5.20. The highest BCUT2D eigenvalue weighted by molar-refractivity contribution is 7.99. The van der Waals surface area contributed by atoms with Gasteiger partial charge in [0, 0.05) is 44.2 Å². The second kappa shape index (κ2) is 16.5. The molecular weight excluding hydrogens is 606 g/mol. The number of aliphatic hydroxyl groups excluding tert-OH is 1. The third-order valence-corrected chi connectivity index (χ3v) is 8.96. The van der Waals surface area contributed by atoms with Gasteiger partial charge in [-0.25, -0.2) is 5.48 Å². The molecule has 12 heteroatoms. The molecule has 4 N–H and O–H groups in total. The van der Waals surface area contributed by atoms with Gasteiger partial charge in [0.05, 0.1) is 18.8 Å². The van der Waals surface area contributed by atoms with Crippen molar-refractivity contribution in [2.45, 2.75) is 68.9 Å². The second-order valence-corrected chi connectivity index (χ2v) is 12.2. The van der Waals surface area contributed by atoms with E-state index in [0.29, 0.717) is 38.0 Å². The lowest BCUT2D eigenvalue weighted by Crippen LogP contribution is -2.31. The summed E-state index contributed by atoms with van der Waals surface area (Å²) in [6, 6.07) is 24.0. The van der Waals surface area contributed by atoms with E-state index >= 15 is 0 Å². The molecular formula is C34H39N5O6S. The number of aliphatic hydroxyl groups is 1. The summed E-state index contributed by atoms with van der Waals surface area (Å²) in [6.45, 7) is 0.396. The maximum Gasteiger partial charge on any atom is 0.243 e. The van der Waals surface area contributed by atoms with Gasteiger partial charge in [0.25, 0.3) is 0 Å². The molecule has 0 aliphatic carbocycles. The van der Waals surface area contributed by atoms with E-state index in [0.717, 1.165) is 38.5 Å². The van der Waals surface area contributed by atoms with Crippen LogP contribution >= 0.6 is 11.8 Å². The number of unbranched alkanes of at least 4 members (excludes halogenated alkanes) is 1. The number of nitrogens with zero attached hydrogens (tertiary/aromatic N) is 3. The molecule has 3 aromatic carbocycles. The molecule has 242 valence electrons. The van der Waals surface area contributed by atoms with Crippen LogP contribution in [-0.4, -0.2) is 48.7 Å². The summed E-state index contributed by atoms with van der Waals surface area (Å²) < 4.78 is 14.9. The van der Waals surface area contributed by atoms with Gasteiger partial charge in [0.1, 0.15) is 6.33 Å². The Morgan fingerprint density at radius 2 is 1.67 bits per heavy atom. The number of nitrogens with one attached hydrogen (secondary N) is 2. The maximum absolute atomic E-state index is 12.3. The number of aryl methyl sites for hydroxylation is 1. The summed E-state index contributed by atoms with van der Waals surface area (Å²) in [5, 5.41) is 30.0. The molecule has 0 saturated carbocycles. The molecule has 0 bridgehead atoms. The fourth-order valence-corrected chi connectivity index (χ4v) is 6.11. The van der Waals surface area contributed by atoms with E-state index in [9.17, 15) is 14.7 Å². The van der Waals surface area contributed by atoms with Gasteiger partial charge in [-0.3, -0.25) is 14.8 Å². The summed E-state index contributed by atoms with van der Waals surface area (Å²) in [5.41, 5.74) is 7.43. The molecule has 2 heterocycles. The van der Waals surface area contributed by atoms with Gasteiger partial charge in [0.2, 0.25) is 11.8 Å². The van der Waals surface area contributed by atoms with Crippen molar-refractivity contribution < 1.29 is 29.4 Å². The van der Waals surface area contributed by atoms with Crippen LogP contribution in [0.15, 0.2) is 84.3 Å². The van der Waals surface area contributed by atoms with E-state index in [4.69, 9.17) is 14.7 Å². The van der Waals surface area contributed by atoms with Gasteiger partial charge in [-0.2, -0.15) is 0 Å². The van der Waals surface area contributed by atoms with Crippen molar-refractivity contribution in [2.75, 3.05) is 5.75 Å². The number of hydrogen-bond donors (Lipinski definition) is 4. The molecule has 4 aromatic rings. The number of carbonyl (C=O) groups is 2. The minimum atomic E-state index is -0.560. The van der Waals surface area contributed by atoms with Crippen molar-refractivity contribution in [2.24, 2.45) is 7.05 Å². The van der Waals surface area contributed by atoms with Crippen LogP contribution in [0.2, 0.25) is 0 Å². The van der Waals surface area contributed by atoms with Crippen LogP contribution < -0.4 is 10.8 Å². The molecule has 0 unspecified atom stereocenters. The van der Waals surface area contributed by atoms with E-state index in [1.54, 1.807) is 23.6 Å². The van der Waals surface area contributed by atoms with Crippen LogP contribution in [0.1, 0.15) is 66.8 Å². The zero-order chi connectivity index (χ0) is 32.3. The number of benzene rings is 3. The fraction of sp³-hybridized carbons (Fsp3) is 0.353. The Hall–Kier alpha value is -4.07. The Labute approximate surface area is 272 Å². The Bertz CT molecular complexity index is 1580. The van der Waals surface area contributed by atoms with Gasteiger partial charge in [-0.1, -0.05) is 78.5 Å². The SMILES string of the molecule is Cn1cnnc1SC[C@@H]1C[C@H](c2ccc(CO)cc2)O[C@H](c2ccc(-c3cccc(CNC(=O)CCCCC(=O)NO)c3)cc2)O1. The summed E-state index contributed by atoms with van der Waals surface area (Å²) in [5.74, 6) is 0.165. The molecule has 11 nitrogen and oxygen atoms in total. The predicted molar refractivity (Wildman–Crippen MR) is 172 cm³/mol. The Balaban J connectivity index is 1.22. The third-order valence-electron chi connectivity index (χ3n) is 7.80. The lowest BCUT2D eigenvalue weighted by molar-refractivity contribution is -0.245. The first-order chi connectivity index (χ1) is 22.4. The number of hydroxylamine groups is 1. The van der Waals surface area contributed by atoms with Crippen LogP contribution in [0.5, 0.6) is 0 Å². The highest BCUT2D eigenvalue weighted by Crippen LogP contribution is 2.39. The molecule has 2 amide bonds. The Morgan fingerprint density at radius 3 is 2.37 bits per heavy atom. The quantitative estimate of drug-likeness (QED) is 0.0644. The standard InChI is InChI=1S/C34H39N5O6S/c1-39-22-36-37-34(39)46-21-29-18-30(26-11-9-23(20-40)10-12-26)45-33(44-29)27-15-13-25(14-16-27)28-6-4-5-24(17-28)19-35-31(41)7-2-3-8-32(42)38-43/h4-6,9-17,22,29-30,33,40,43H,2-3,7-8,18-21H2,1H3,(H,35,41)(H,38,42)/t29-,30+,33+/m0/s1. The number of aromatic nitrogens is 3. The number of rotatable bonds is 14. The average Bonchev–Trinajstić information content (AvgIpc) is 3.52. The van der Waals surface area contributed by atoms with Crippen molar-refractivity contribution in [1.82, 2.24) is 25.6 Å². The summed E-state index contributed by atoms with van der Waals surface area (Å²) in [4.78, 5) is 23.3. The van der Waals surface area contributed by atoms with E-state index in [-0.39, 0.29) is 31.1 Å². The molecule has 3 atom stereocenters. The minimum absolute atomic E-state index is 0.00650. The molecule has 1 aromatic heterocycles. The average molecular weight is 646 g/mol. The zero-order valence-electron chi connectivity index (χ0n) is 25.7. The maximum atomic E-state index is 12.3. The topological polar surface area (TPSA) is 148 Å². The van der Waals surface area contributed by atoms with Crippen LogP contribution in [0.3, 0.4) is 0 Å². The number of thioether (sulfide) groups is 1. The molecule has 1 saturated heterocycles. The van der Waals surface area contributed by atoms with E-state index < -0.39 is 12.2 Å². The lowest BCUT2D eigenvalue weighted by atomic mass is 9.99. The zero-order valence-corrected chi connectivity index (χ0v) is 26.5. The van der Waals surface area contributed by atoms with E-state index in [1.807, 2.05) is 78.3 Å². The van der Waals surface area contributed by atoms with Gasteiger partial charge >= 0.3 is 0 Å². The molecule has 1 aliphatic rings. The minimum Gasteiger partial charge on any atom is -0.392 e. The molecule has 0 radical (unpaired) electrons. The second-order valence-electron chi connectivity index (χ2n) is 11.2. The van der Waals surface area contributed by atoms with Crippen LogP contribution in [-0.2, 0) is 39.3 Å². The third kappa shape index (κ3) is 9.24. The highest BCUT2D eigenvalue weighted by Gasteiger charge is 2.32. The van der Waals surface area contributed by atoms with Crippen LogP contribution in [0.25, 0.3) is 11.1 Å². The first-order valence-electron chi connectivity index (χ1n) is 15.3. The van der Waals surface area contributed by atoms with E-state index in [2.05, 4.69) is 21.6 Å². The van der Waals surface area contributed by atoms with Crippen LogP contribution in [0, 0.1) is 0 Å². The van der Waals surface area contributed by atoms with Crippen molar-refractivity contribution in [1.29, 1.82) is 0 Å². The van der Waals surface area contributed by atoms with Gasteiger partial charge in [-0.05, 0) is 46.7 Å². The normalized spacial score (nSPS) is 17.8. The van der Waals surface area contributed by atoms with Gasteiger partial charge in [-0.15, -0.1) is 10.2 Å². The Morgan fingerprint density at radius 1 is 0.935 bits per heavy atom. The van der Waals surface area contributed by atoms with Crippen molar-refractivity contribution in [3.05, 3.63) is 101 Å². The number of hydrogen-bond acceptors (Lipinski definition) is 9. The molecule has 1 fully saturated rings. The van der Waals surface area contributed by atoms with Crippen molar-refractivity contribution >= 4 is 23.6 Å². The van der Waals surface area contributed by atoms with Gasteiger partial charge < -0.3 is 24.5 Å². The number of amides is 2. The van der Waals surface area contributed by atoms with Gasteiger partial charge in [0.15, 0.2) is 11.4 Å². The van der Waals surface area contributed by atoms with Crippen molar-refractivity contribution in [3.63, 3.8) is 0 Å². The lowest BCUT2D eigenvalue weighted by Gasteiger charge is -2.36. The number of ether oxygens (including phenoxy) is 2. The van der Waals surface area contributed by atoms with E-state index in [1.165, 1.54) is 0 Å². The summed E-state index contributed by atoms with van der Waals surface area (Å²) in [7, 11) is 1.92. The first-order valence-corrected chi connectivity index (χ1v) is 16.3. The highest BCUT2D eigenvalue weighted by atomic mass is 32.2. The number of carbonyl (C=O) groups excluding carboxylic acids is 2. The molecule has 1 aliphatic heterocycles. The predicted octanol–water partition coefficient (Wildman–Crippen LogP) is 4.99. The smallest absolute Gasteiger partial charge is 0.243 e. The summed E-state index contributed by atoms with van der Waals surface area (Å²) in [6.07, 6.45) is 3.14. The monoisotopic (exact) mass is 645 g/mol. The largest absolute Gasteiger partial charge is 0.392 e. The summed E-state index contributed by atoms with van der Waals surface area (Å²) >= 11 is 1.60. The van der Waals surface area contributed by atoms with Crippen molar-refractivity contribution in [3.8, 4) is 11.1 Å². The molecule has 5 rings (SSSR count). The first kappa shape index (κ1) is 33.3.